The van der Waals surface area contributed by atoms with Crippen LogP contribution in [0.2, 0.25) is 0 Å². The molecule has 0 radical (unpaired) electrons. The molecule has 3 rings (SSSR count). The van der Waals surface area contributed by atoms with Gasteiger partial charge in [0.2, 0.25) is 5.91 Å². The molecule has 140 valence electrons. The van der Waals surface area contributed by atoms with E-state index in [1.165, 1.54) is 12.1 Å². The quantitative estimate of drug-likeness (QED) is 0.884. The van der Waals surface area contributed by atoms with Crippen molar-refractivity contribution >= 4 is 18.3 Å². The van der Waals surface area contributed by atoms with E-state index < -0.39 is 0 Å². The Morgan fingerprint density at radius 1 is 1.27 bits per heavy atom. The average molecular weight is 379 g/mol. The highest BCUT2D eigenvalue weighted by Crippen LogP contribution is 2.28. The molecule has 2 aromatic carbocycles. The molecule has 4 nitrogen and oxygen atoms in total. The molecule has 2 atom stereocenters. The van der Waals surface area contributed by atoms with E-state index in [0.29, 0.717) is 13.1 Å². The van der Waals surface area contributed by atoms with E-state index in [1.807, 2.05) is 42.2 Å². The molecule has 1 amide bonds. The molecule has 1 fully saturated rings. The number of hydrogen-bond donors (Lipinski definition) is 1. The zero-order valence-electron chi connectivity index (χ0n) is 14.9. The zero-order valence-corrected chi connectivity index (χ0v) is 15.8. The van der Waals surface area contributed by atoms with E-state index in [4.69, 9.17) is 4.74 Å². The molecule has 1 N–H and O–H groups in total. The van der Waals surface area contributed by atoms with Gasteiger partial charge >= 0.3 is 0 Å². The van der Waals surface area contributed by atoms with Gasteiger partial charge in [-0.05, 0) is 42.3 Å². The molecule has 0 bridgehead atoms. The summed E-state index contributed by atoms with van der Waals surface area (Å²) in [6, 6.07) is 13.9. The van der Waals surface area contributed by atoms with Gasteiger partial charge in [0.15, 0.2) is 0 Å². The molecule has 2 unspecified atom stereocenters. The minimum atomic E-state index is -0.279. The number of nitrogens with zero attached hydrogens (tertiary/aromatic N) is 1. The van der Waals surface area contributed by atoms with Crippen LogP contribution in [0.4, 0.5) is 4.39 Å². The third kappa shape index (κ3) is 4.34. The summed E-state index contributed by atoms with van der Waals surface area (Å²) in [5, 5.41) is 3.30. The van der Waals surface area contributed by atoms with Crippen molar-refractivity contribution in [1.29, 1.82) is 0 Å². The van der Waals surface area contributed by atoms with Crippen molar-refractivity contribution in [2.24, 2.45) is 0 Å². The van der Waals surface area contributed by atoms with Gasteiger partial charge in [-0.2, -0.15) is 0 Å². The third-order valence-corrected chi connectivity index (χ3v) is 4.75. The van der Waals surface area contributed by atoms with E-state index >= 15 is 0 Å². The lowest BCUT2D eigenvalue weighted by molar-refractivity contribution is -0.135. The standard InChI is InChI=1S/C20H23FN2O2.ClH/c1-14(15-6-8-18(25-2)9-7-15)20(24)23-11-10-22-13-19(23)16-4-3-5-17(21)12-16;/h3-9,12,14,19,22H,10-11,13H2,1-2H3;1H. The molecule has 1 aliphatic heterocycles. The number of hydrogen-bond acceptors (Lipinski definition) is 3. The van der Waals surface area contributed by atoms with Crippen LogP contribution in [-0.4, -0.2) is 37.6 Å². The summed E-state index contributed by atoms with van der Waals surface area (Å²) in [5.41, 5.74) is 1.77. The molecule has 0 spiro atoms. The van der Waals surface area contributed by atoms with Gasteiger partial charge in [0, 0.05) is 19.6 Å². The lowest BCUT2D eigenvalue weighted by Crippen LogP contribution is -2.49. The second-order valence-corrected chi connectivity index (χ2v) is 6.30. The number of benzene rings is 2. The largest absolute Gasteiger partial charge is 0.497 e. The number of piperazine rings is 1. The smallest absolute Gasteiger partial charge is 0.230 e. The van der Waals surface area contributed by atoms with Gasteiger partial charge in [0.25, 0.3) is 0 Å². The lowest BCUT2D eigenvalue weighted by atomic mass is 9.96. The van der Waals surface area contributed by atoms with Gasteiger partial charge in [-0.25, -0.2) is 4.39 Å². The van der Waals surface area contributed by atoms with E-state index in [0.717, 1.165) is 23.4 Å². The number of halogens is 2. The van der Waals surface area contributed by atoms with Crippen LogP contribution in [0.15, 0.2) is 48.5 Å². The Kier molecular flexibility index (Phi) is 7.00. The summed E-state index contributed by atoms with van der Waals surface area (Å²) < 4.78 is 18.8. The maximum absolute atomic E-state index is 13.6. The van der Waals surface area contributed by atoms with Gasteiger partial charge in [-0.1, -0.05) is 24.3 Å². The van der Waals surface area contributed by atoms with Crippen LogP contribution in [0.5, 0.6) is 5.75 Å². The van der Waals surface area contributed by atoms with Crippen LogP contribution in [0, 0.1) is 5.82 Å². The van der Waals surface area contributed by atoms with Gasteiger partial charge in [-0.3, -0.25) is 4.79 Å². The molecule has 0 saturated carbocycles. The van der Waals surface area contributed by atoms with Crippen molar-refractivity contribution in [3.63, 3.8) is 0 Å². The fourth-order valence-corrected chi connectivity index (χ4v) is 3.26. The van der Waals surface area contributed by atoms with Crippen LogP contribution in [0.3, 0.4) is 0 Å². The van der Waals surface area contributed by atoms with Gasteiger partial charge in [-0.15, -0.1) is 12.4 Å². The van der Waals surface area contributed by atoms with E-state index in [1.54, 1.807) is 13.2 Å². The highest BCUT2D eigenvalue weighted by atomic mass is 35.5. The topological polar surface area (TPSA) is 41.6 Å². The fraction of sp³-hybridized carbons (Fsp3) is 0.350. The Labute approximate surface area is 159 Å². The van der Waals surface area contributed by atoms with E-state index in [9.17, 15) is 9.18 Å². The molecule has 26 heavy (non-hydrogen) atoms. The lowest BCUT2D eigenvalue weighted by Gasteiger charge is -2.38. The predicted octanol–water partition coefficient (Wildman–Crippen LogP) is 3.53. The molecule has 1 saturated heterocycles. The Hall–Kier alpha value is -2.11. The normalized spacial score (nSPS) is 18.0. The molecular formula is C20H24ClFN2O2. The molecule has 1 heterocycles. The monoisotopic (exact) mass is 378 g/mol. The second-order valence-electron chi connectivity index (χ2n) is 6.30. The van der Waals surface area contributed by atoms with Gasteiger partial charge < -0.3 is 15.0 Å². The van der Waals surface area contributed by atoms with Crippen LogP contribution in [-0.2, 0) is 4.79 Å². The SMILES string of the molecule is COc1ccc(C(C)C(=O)N2CCNCC2c2cccc(F)c2)cc1.Cl. The van der Waals surface area contributed by atoms with Gasteiger partial charge in [0.05, 0.1) is 19.1 Å². The summed E-state index contributed by atoms with van der Waals surface area (Å²) in [6.07, 6.45) is 0. The van der Waals surface area contributed by atoms with Crippen LogP contribution >= 0.6 is 12.4 Å². The van der Waals surface area contributed by atoms with Crippen molar-refractivity contribution in [2.75, 3.05) is 26.7 Å². The Morgan fingerprint density at radius 2 is 2.00 bits per heavy atom. The number of nitrogens with one attached hydrogen (secondary N) is 1. The summed E-state index contributed by atoms with van der Waals surface area (Å²) in [5.74, 6) is 0.280. The van der Waals surface area contributed by atoms with Crippen LogP contribution in [0.1, 0.15) is 30.0 Å². The summed E-state index contributed by atoms with van der Waals surface area (Å²) in [4.78, 5) is 15.0. The molecular weight excluding hydrogens is 355 g/mol. The van der Waals surface area contributed by atoms with E-state index in [-0.39, 0.29) is 36.1 Å². The van der Waals surface area contributed by atoms with Gasteiger partial charge in [0.1, 0.15) is 11.6 Å². The average Bonchev–Trinajstić information content (AvgIpc) is 2.67. The number of carbonyl (C=O) groups excluding carboxylic acids is 1. The van der Waals surface area contributed by atoms with Crippen molar-refractivity contribution in [2.45, 2.75) is 18.9 Å². The van der Waals surface area contributed by atoms with Crippen molar-refractivity contribution in [3.8, 4) is 5.75 Å². The van der Waals surface area contributed by atoms with Crippen molar-refractivity contribution in [3.05, 3.63) is 65.5 Å². The highest BCUT2D eigenvalue weighted by Gasteiger charge is 2.31. The predicted molar refractivity (Wildman–Crippen MR) is 102 cm³/mol. The number of ether oxygens (including phenoxy) is 1. The first-order valence-corrected chi connectivity index (χ1v) is 8.50. The van der Waals surface area contributed by atoms with Crippen LogP contribution < -0.4 is 10.1 Å². The third-order valence-electron chi connectivity index (χ3n) is 4.75. The Bertz CT molecular complexity index is 739. The maximum atomic E-state index is 13.6. The first-order chi connectivity index (χ1) is 12.1. The second kappa shape index (κ2) is 9.01. The Balaban J connectivity index is 0.00000243. The fourth-order valence-electron chi connectivity index (χ4n) is 3.26. The summed E-state index contributed by atoms with van der Waals surface area (Å²) >= 11 is 0. The summed E-state index contributed by atoms with van der Waals surface area (Å²) in [7, 11) is 1.62. The molecule has 2 aromatic rings. The first-order valence-electron chi connectivity index (χ1n) is 8.50. The first kappa shape index (κ1) is 20.2. The van der Waals surface area contributed by atoms with Crippen molar-refractivity contribution < 1.29 is 13.9 Å². The molecule has 6 heteroatoms. The maximum Gasteiger partial charge on any atom is 0.230 e. The Morgan fingerprint density at radius 3 is 2.65 bits per heavy atom. The van der Waals surface area contributed by atoms with Crippen molar-refractivity contribution in [1.82, 2.24) is 10.2 Å². The molecule has 0 aliphatic carbocycles. The minimum Gasteiger partial charge on any atom is -0.497 e. The van der Waals surface area contributed by atoms with Crippen LogP contribution in [0.25, 0.3) is 0 Å². The summed E-state index contributed by atoms with van der Waals surface area (Å²) in [6.45, 7) is 3.90. The molecule has 1 aliphatic rings. The number of methoxy groups -OCH3 is 1. The molecule has 0 aromatic heterocycles. The number of carbonyl (C=O) groups is 1. The zero-order chi connectivity index (χ0) is 17.8. The highest BCUT2D eigenvalue weighted by molar-refractivity contribution is 5.85. The number of rotatable bonds is 4. The van der Waals surface area contributed by atoms with E-state index in [2.05, 4.69) is 5.32 Å². The minimum absolute atomic E-state index is 0. The number of amides is 1.